The number of hydrogen-bond acceptors (Lipinski definition) is 3. The maximum Gasteiger partial charge on any atom is 0.274 e. The van der Waals surface area contributed by atoms with Crippen molar-refractivity contribution in [3.63, 3.8) is 0 Å². The molecule has 1 fully saturated rings. The average molecular weight is 383 g/mol. The van der Waals surface area contributed by atoms with Crippen molar-refractivity contribution in [3.05, 3.63) is 65.8 Å². The molecule has 3 aromatic rings. The first-order valence-corrected chi connectivity index (χ1v) is 9.39. The number of fused-ring (bicyclic) bond motifs is 1. The molecular formula is C21H21ClN3O2+. The van der Waals surface area contributed by atoms with Crippen LogP contribution in [0.2, 0.25) is 5.02 Å². The number of piperazine rings is 1. The molecule has 1 aliphatic rings. The van der Waals surface area contributed by atoms with Gasteiger partial charge in [-0.2, -0.15) is 0 Å². The molecule has 27 heavy (non-hydrogen) atoms. The number of halogens is 1. The van der Waals surface area contributed by atoms with Crippen molar-refractivity contribution in [2.45, 2.75) is 0 Å². The van der Waals surface area contributed by atoms with Crippen LogP contribution >= 0.6 is 11.6 Å². The van der Waals surface area contributed by atoms with Crippen LogP contribution in [0.5, 0.6) is 5.75 Å². The Morgan fingerprint density at radius 3 is 2.44 bits per heavy atom. The van der Waals surface area contributed by atoms with Crippen molar-refractivity contribution in [2.24, 2.45) is 0 Å². The Hall–Kier alpha value is -2.79. The zero-order chi connectivity index (χ0) is 18.6. The number of benzene rings is 2. The van der Waals surface area contributed by atoms with Crippen LogP contribution in [0.1, 0.15) is 0 Å². The van der Waals surface area contributed by atoms with E-state index in [1.54, 1.807) is 6.07 Å². The summed E-state index contributed by atoms with van der Waals surface area (Å²) in [4.78, 5) is 19.9. The summed E-state index contributed by atoms with van der Waals surface area (Å²) in [6, 6.07) is 17.4. The van der Waals surface area contributed by atoms with E-state index in [0.717, 1.165) is 29.7 Å². The van der Waals surface area contributed by atoms with Gasteiger partial charge in [0.15, 0.2) is 6.61 Å². The molecule has 0 radical (unpaired) electrons. The molecule has 2 aromatic carbocycles. The van der Waals surface area contributed by atoms with Gasteiger partial charge in [0, 0.05) is 21.9 Å². The Morgan fingerprint density at radius 1 is 0.963 bits per heavy atom. The van der Waals surface area contributed by atoms with Crippen molar-refractivity contribution in [1.29, 1.82) is 0 Å². The quantitative estimate of drug-likeness (QED) is 0.696. The van der Waals surface area contributed by atoms with Gasteiger partial charge >= 0.3 is 0 Å². The maximum atomic E-state index is 12.6. The van der Waals surface area contributed by atoms with E-state index in [9.17, 15) is 4.79 Å². The lowest BCUT2D eigenvalue weighted by Gasteiger charge is -2.30. The standard InChI is InChI=1S/C21H20ClN3O2/c22-18-8-9-19(17-6-2-1-5-16(17)18)27-15-21(26)25-13-11-24(12-14-25)20-7-3-4-10-23-20/h1-10H,11-15H2/p+1. The lowest BCUT2D eigenvalue weighted by molar-refractivity contribution is -0.364. The number of rotatable bonds is 4. The molecule has 1 saturated heterocycles. The number of aromatic nitrogens is 1. The lowest BCUT2D eigenvalue weighted by Crippen LogP contribution is -2.51. The molecule has 0 unspecified atom stereocenters. The van der Waals surface area contributed by atoms with E-state index in [1.807, 2.05) is 59.6 Å². The van der Waals surface area contributed by atoms with Gasteiger partial charge in [-0.1, -0.05) is 41.9 Å². The normalized spacial score (nSPS) is 14.4. The second kappa shape index (κ2) is 7.84. The van der Waals surface area contributed by atoms with E-state index >= 15 is 0 Å². The summed E-state index contributed by atoms with van der Waals surface area (Å²) in [5.74, 6) is 1.76. The summed E-state index contributed by atoms with van der Waals surface area (Å²) in [6.07, 6.45) is 1.91. The number of H-pyrrole nitrogens is 1. The molecule has 1 amide bonds. The van der Waals surface area contributed by atoms with E-state index in [2.05, 4.69) is 9.88 Å². The fourth-order valence-corrected chi connectivity index (χ4v) is 3.60. The zero-order valence-electron chi connectivity index (χ0n) is 14.9. The number of anilines is 1. The molecule has 1 aromatic heterocycles. The van der Waals surface area contributed by atoms with Crippen LogP contribution in [-0.2, 0) is 4.79 Å². The first kappa shape index (κ1) is 17.6. The molecule has 0 spiro atoms. The molecule has 0 bridgehead atoms. The Labute approximate surface area is 163 Å². The molecule has 6 heteroatoms. The SMILES string of the molecule is O=C(COc1ccc(Cl)c2ccccc12)N1CCN(c2cccc[nH+]2)CC1. The van der Waals surface area contributed by atoms with E-state index in [1.165, 1.54) is 0 Å². The Bertz CT molecular complexity index is 941. The molecule has 0 atom stereocenters. The third kappa shape index (κ3) is 3.83. The first-order valence-electron chi connectivity index (χ1n) is 9.02. The summed E-state index contributed by atoms with van der Waals surface area (Å²) in [7, 11) is 0. The second-order valence-electron chi connectivity index (χ2n) is 6.50. The Balaban J connectivity index is 1.36. The molecule has 5 nitrogen and oxygen atoms in total. The molecule has 1 N–H and O–H groups in total. The predicted molar refractivity (Wildman–Crippen MR) is 106 cm³/mol. The topological polar surface area (TPSA) is 46.9 Å². The number of hydrogen-bond donors (Lipinski definition) is 0. The fourth-order valence-electron chi connectivity index (χ4n) is 3.37. The van der Waals surface area contributed by atoms with Crippen molar-refractivity contribution < 1.29 is 14.5 Å². The van der Waals surface area contributed by atoms with Crippen LogP contribution in [0.25, 0.3) is 10.8 Å². The van der Waals surface area contributed by atoms with E-state index in [4.69, 9.17) is 16.3 Å². The van der Waals surface area contributed by atoms with Crippen LogP contribution < -0.4 is 14.6 Å². The summed E-state index contributed by atoms with van der Waals surface area (Å²) < 4.78 is 5.83. The molecule has 1 aliphatic heterocycles. The molecule has 0 aliphatic carbocycles. The van der Waals surface area contributed by atoms with E-state index in [0.29, 0.717) is 23.9 Å². The number of nitrogens with zero attached hydrogens (tertiary/aromatic N) is 2. The van der Waals surface area contributed by atoms with E-state index in [-0.39, 0.29) is 12.5 Å². The summed E-state index contributed by atoms with van der Waals surface area (Å²) in [5, 5.41) is 2.53. The third-order valence-electron chi connectivity index (χ3n) is 4.85. The van der Waals surface area contributed by atoms with Gasteiger partial charge < -0.3 is 9.64 Å². The lowest BCUT2D eigenvalue weighted by atomic mass is 10.1. The van der Waals surface area contributed by atoms with Crippen molar-refractivity contribution >= 4 is 34.1 Å². The van der Waals surface area contributed by atoms with Gasteiger partial charge in [-0.05, 0) is 18.2 Å². The van der Waals surface area contributed by atoms with Gasteiger partial charge in [0.05, 0.1) is 19.3 Å². The highest BCUT2D eigenvalue weighted by atomic mass is 35.5. The summed E-state index contributed by atoms with van der Waals surface area (Å²) >= 11 is 6.24. The van der Waals surface area contributed by atoms with Gasteiger partial charge in [0.25, 0.3) is 11.7 Å². The highest BCUT2D eigenvalue weighted by Gasteiger charge is 2.26. The van der Waals surface area contributed by atoms with Gasteiger partial charge in [0.2, 0.25) is 0 Å². The van der Waals surface area contributed by atoms with Crippen LogP contribution in [0.15, 0.2) is 60.8 Å². The Kier molecular flexibility index (Phi) is 5.12. The summed E-state index contributed by atoms with van der Waals surface area (Å²) in [6.45, 7) is 3.01. The van der Waals surface area contributed by atoms with Crippen molar-refractivity contribution in [3.8, 4) is 5.75 Å². The number of ether oxygens (including phenoxy) is 1. The number of nitrogens with one attached hydrogen (secondary N) is 1. The number of aromatic amines is 1. The molecule has 138 valence electrons. The zero-order valence-corrected chi connectivity index (χ0v) is 15.7. The number of carbonyl (C=O) groups excluding carboxylic acids is 1. The second-order valence-corrected chi connectivity index (χ2v) is 6.90. The molecule has 4 rings (SSSR count). The van der Waals surface area contributed by atoms with Crippen LogP contribution in [0, 0.1) is 0 Å². The van der Waals surface area contributed by atoms with Crippen molar-refractivity contribution in [2.75, 3.05) is 37.7 Å². The van der Waals surface area contributed by atoms with Gasteiger partial charge in [0.1, 0.15) is 18.8 Å². The fraction of sp³-hybridized carbons (Fsp3) is 0.238. The van der Waals surface area contributed by atoms with Crippen LogP contribution in [0.3, 0.4) is 0 Å². The first-order chi connectivity index (χ1) is 13.2. The van der Waals surface area contributed by atoms with Gasteiger partial charge in [-0.15, -0.1) is 0 Å². The minimum absolute atomic E-state index is 0.00530. The monoisotopic (exact) mass is 382 g/mol. The largest absolute Gasteiger partial charge is 0.483 e. The van der Waals surface area contributed by atoms with Crippen molar-refractivity contribution in [1.82, 2.24) is 4.90 Å². The van der Waals surface area contributed by atoms with Crippen LogP contribution in [0.4, 0.5) is 5.82 Å². The van der Waals surface area contributed by atoms with E-state index < -0.39 is 0 Å². The minimum Gasteiger partial charge on any atom is -0.483 e. The smallest absolute Gasteiger partial charge is 0.274 e. The Morgan fingerprint density at radius 2 is 1.70 bits per heavy atom. The highest BCUT2D eigenvalue weighted by molar-refractivity contribution is 6.35. The molecule has 2 heterocycles. The van der Waals surface area contributed by atoms with Crippen LogP contribution in [-0.4, -0.2) is 43.6 Å². The predicted octanol–water partition coefficient (Wildman–Crippen LogP) is 3.03. The summed E-state index contributed by atoms with van der Waals surface area (Å²) in [5.41, 5.74) is 0. The van der Waals surface area contributed by atoms with Gasteiger partial charge in [-0.3, -0.25) is 9.69 Å². The molecular weight excluding hydrogens is 362 g/mol. The maximum absolute atomic E-state index is 12.6. The number of carbonyl (C=O) groups is 1. The third-order valence-corrected chi connectivity index (χ3v) is 5.18. The number of pyridine rings is 1. The average Bonchev–Trinajstić information content (AvgIpc) is 2.74. The highest BCUT2D eigenvalue weighted by Crippen LogP contribution is 2.31. The minimum atomic E-state index is 0.00530. The number of amides is 1. The van der Waals surface area contributed by atoms with Gasteiger partial charge in [-0.25, -0.2) is 4.98 Å². The molecule has 0 saturated carbocycles.